The van der Waals surface area contributed by atoms with Crippen molar-refractivity contribution in [1.29, 1.82) is 0 Å². The van der Waals surface area contributed by atoms with Crippen LogP contribution in [0.4, 0.5) is 4.39 Å². The summed E-state index contributed by atoms with van der Waals surface area (Å²) < 4.78 is 19.0. The van der Waals surface area contributed by atoms with Crippen molar-refractivity contribution < 1.29 is 9.13 Å². The van der Waals surface area contributed by atoms with Crippen molar-refractivity contribution in [3.63, 3.8) is 0 Å². The van der Waals surface area contributed by atoms with E-state index < -0.39 is 0 Å². The smallest absolute Gasteiger partial charge is 0.191 e. The molecule has 1 saturated heterocycles. The van der Waals surface area contributed by atoms with E-state index in [1.807, 2.05) is 12.1 Å². The molecule has 1 aromatic heterocycles. The minimum absolute atomic E-state index is 0.104. The van der Waals surface area contributed by atoms with Crippen molar-refractivity contribution in [3.8, 4) is 0 Å². The molecule has 0 saturated carbocycles. The Bertz CT molecular complexity index is 740. The minimum Gasteiger partial charge on any atom is -0.381 e. The molecule has 2 N–H and O–H groups in total. The zero-order valence-corrected chi connectivity index (χ0v) is 17.5. The third-order valence-electron chi connectivity index (χ3n) is 5.48. The molecule has 0 radical (unpaired) electrons. The maximum absolute atomic E-state index is 13.4. The number of hydrogen-bond donors (Lipinski definition) is 2. The number of nitrogens with zero attached hydrogens (tertiary/aromatic N) is 1. The molecule has 1 aliphatic rings. The van der Waals surface area contributed by atoms with Gasteiger partial charge in [-0.25, -0.2) is 4.39 Å². The van der Waals surface area contributed by atoms with Gasteiger partial charge in [-0.2, -0.15) is 11.3 Å². The predicted octanol–water partition coefficient (Wildman–Crippen LogP) is 4.29. The van der Waals surface area contributed by atoms with Gasteiger partial charge in [-0.3, -0.25) is 4.99 Å². The molecule has 1 unspecified atom stereocenters. The van der Waals surface area contributed by atoms with Crippen LogP contribution < -0.4 is 10.6 Å². The van der Waals surface area contributed by atoms with Gasteiger partial charge in [-0.05, 0) is 65.8 Å². The molecule has 0 spiro atoms. The average molecular weight is 404 g/mol. The molecule has 152 valence electrons. The number of hydrogen-bond acceptors (Lipinski definition) is 3. The summed E-state index contributed by atoms with van der Waals surface area (Å²) in [4.78, 5) is 4.91. The quantitative estimate of drug-likeness (QED) is 0.535. The van der Waals surface area contributed by atoms with E-state index in [0.717, 1.165) is 37.5 Å². The molecule has 1 aliphatic heterocycles. The third kappa shape index (κ3) is 5.32. The summed E-state index contributed by atoms with van der Waals surface area (Å²) >= 11 is 1.73. The standard InChI is InChI=1S/C22H30FN3OS/c1-3-24-21(25-14-17(2)18-8-13-28-15-18)26-16-22(9-11-27-12-10-22)19-4-6-20(23)7-5-19/h4-8,13,15,17H,3,9-12,14,16H2,1-2H3,(H2,24,25,26). The highest BCUT2D eigenvalue weighted by Gasteiger charge is 2.34. The zero-order valence-electron chi connectivity index (χ0n) is 16.7. The molecule has 0 amide bonds. The predicted molar refractivity (Wildman–Crippen MR) is 115 cm³/mol. The first-order valence-electron chi connectivity index (χ1n) is 10.0. The van der Waals surface area contributed by atoms with Crippen LogP contribution in [-0.2, 0) is 10.2 Å². The van der Waals surface area contributed by atoms with Gasteiger partial charge in [0.25, 0.3) is 0 Å². The van der Waals surface area contributed by atoms with Gasteiger partial charge in [-0.1, -0.05) is 19.1 Å². The number of nitrogens with one attached hydrogen (secondary N) is 2. The van der Waals surface area contributed by atoms with Crippen molar-refractivity contribution in [2.24, 2.45) is 4.99 Å². The average Bonchev–Trinajstić information content (AvgIpc) is 3.26. The van der Waals surface area contributed by atoms with E-state index in [9.17, 15) is 4.39 Å². The Kier molecular flexibility index (Phi) is 7.45. The molecule has 2 heterocycles. The second-order valence-corrected chi connectivity index (χ2v) is 8.21. The van der Waals surface area contributed by atoms with E-state index in [4.69, 9.17) is 9.73 Å². The van der Waals surface area contributed by atoms with Crippen LogP contribution >= 0.6 is 11.3 Å². The number of aliphatic imine (C=N–C) groups is 1. The van der Waals surface area contributed by atoms with E-state index in [0.29, 0.717) is 25.7 Å². The molecule has 0 bridgehead atoms. The van der Waals surface area contributed by atoms with Crippen molar-refractivity contribution in [2.75, 3.05) is 32.8 Å². The number of guanidine groups is 1. The van der Waals surface area contributed by atoms with Crippen molar-refractivity contribution in [3.05, 3.63) is 58.0 Å². The van der Waals surface area contributed by atoms with E-state index in [-0.39, 0.29) is 11.2 Å². The van der Waals surface area contributed by atoms with E-state index in [2.05, 4.69) is 41.3 Å². The normalized spacial score (nSPS) is 17.9. The van der Waals surface area contributed by atoms with Crippen LogP contribution in [-0.4, -0.2) is 38.8 Å². The zero-order chi connectivity index (χ0) is 19.8. The Balaban J connectivity index is 1.71. The van der Waals surface area contributed by atoms with Crippen LogP contribution in [0.15, 0.2) is 46.1 Å². The lowest BCUT2D eigenvalue weighted by atomic mass is 9.74. The number of thiophene rings is 1. The molecule has 1 atom stereocenters. The highest BCUT2D eigenvalue weighted by atomic mass is 32.1. The molecule has 6 heteroatoms. The monoisotopic (exact) mass is 403 g/mol. The van der Waals surface area contributed by atoms with Gasteiger partial charge in [0, 0.05) is 31.7 Å². The van der Waals surface area contributed by atoms with Gasteiger partial charge < -0.3 is 15.4 Å². The highest BCUT2D eigenvalue weighted by molar-refractivity contribution is 7.07. The topological polar surface area (TPSA) is 45.7 Å². The molecule has 1 fully saturated rings. The lowest BCUT2D eigenvalue weighted by Gasteiger charge is -2.36. The third-order valence-corrected chi connectivity index (χ3v) is 6.18. The molecular formula is C22H30FN3OS. The second-order valence-electron chi connectivity index (χ2n) is 7.43. The molecule has 0 aliphatic carbocycles. The van der Waals surface area contributed by atoms with Gasteiger partial charge in [0.1, 0.15) is 5.82 Å². The van der Waals surface area contributed by atoms with Crippen molar-refractivity contribution >= 4 is 17.3 Å². The Hall–Kier alpha value is -1.92. The van der Waals surface area contributed by atoms with Crippen LogP contribution in [0.3, 0.4) is 0 Å². The number of rotatable bonds is 7. The first kappa shape index (κ1) is 20.8. The first-order chi connectivity index (χ1) is 13.6. The van der Waals surface area contributed by atoms with Crippen molar-refractivity contribution in [1.82, 2.24) is 10.6 Å². The number of ether oxygens (including phenoxy) is 1. The van der Waals surface area contributed by atoms with Crippen LogP contribution in [0.5, 0.6) is 0 Å². The number of halogens is 1. The van der Waals surface area contributed by atoms with Gasteiger partial charge >= 0.3 is 0 Å². The summed E-state index contributed by atoms with van der Waals surface area (Å²) in [5.74, 6) is 1.05. The van der Waals surface area contributed by atoms with Crippen LogP contribution in [0.2, 0.25) is 0 Å². The van der Waals surface area contributed by atoms with Gasteiger partial charge in [0.15, 0.2) is 5.96 Å². The Labute approximate surface area is 171 Å². The fraction of sp³-hybridized carbons (Fsp3) is 0.500. The van der Waals surface area contributed by atoms with Crippen LogP contribution in [0.25, 0.3) is 0 Å². The van der Waals surface area contributed by atoms with E-state index >= 15 is 0 Å². The summed E-state index contributed by atoms with van der Waals surface area (Å²) in [6, 6.07) is 9.06. The molecule has 28 heavy (non-hydrogen) atoms. The summed E-state index contributed by atoms with van der Waals surface area (Å²) in [6.45, 7) is 8.02. The summed E-state index contributed by atoms with van der Waals surface area (Å²) in [6.07, 6.45) is 1.79. The fourth-order valence-corrected chi connectivity index (χ4v) is 4.38. The summed E-state index contributed by atoms with van der Waals surface area (Å²) in [5, 5.41) is 11.1. The second kappa shape index (κ2) is 10.0. The van der Waals surface area contributed by atoms with Crippen molar-refractivity contribution in [2.45, 2.75) is 38.0 Å². The van der Waals surface area contributed by atoms with E-state index in [1.165, 1.54) is 5.56 Å². The largest absolute Gasteiger partial charge is 0.381 e. The lowest BCUT2D eigenvalue weighted by Crippen LogP contribution is -2.42. The van der Waals surface area contributed by atoms with Gasteiger partial charge in [0.05, 0.1) is 6.54 Å². The van der Waals surface area contributed by atoms with E-state index in [1.54, 1.807) is 23.5 Å². The van der Waals surface area contributed by atoms with Crippen LogP contribution in [0, 0.1) is 5.82 Å². The molecule has 2 aromatic rings. The summed E-state index contributed by atoms with van der Waals surface area (Å²) in [5.41, 5.74) is 2.39. The maximum atomic E-state index is 13.4. The fourth-order valence-electron chi connectivity index (χ4n) is 3.60. The lowest BCUT2D eigenvalue weighted by molar-refractivity contribution is 0.0531. The highest BCUT2D eigenvalue weighted by Crippen LogP contribution is 2.35. The minimum atomic E-state index is -0.202. The number of benzene rings is 1. The summed E-state index contributed by atoms with van der Waals surface area (Å²) in [7, 11) is 0. The first-order valence-corrected chi connectivity index (χ1v) is 11.0. The molecule has 3 rings (SSSR count). The Morgan fingerprint density at radius 2 is 1.96 bits per heavy atom. The molecule has 1 aromatic carbocycles. The maximum Gasteiger partial charge on any atom is 0.191 e. The molecule has 4 nitrogen and oxygen atoms in total. The Morgan fingerprint density at radius 1 is 1.21 bits per heavy atom. The van der Waals surface area contributed by atoms with Gasteiger partial charge in [-0.15, -0.1) is 0 Å². The Morgan fingerprint density at radius 3 is 2.61 bits per heavy atom. The molecular weight excluding hydrogens is 373 g/mol. The van der Waals surface area contributed by atoms with Crippen LogP contribution in [0.1, 0.15) is 43.7 Å². The van der Waals surface area contributed by atoms with Gasteiger partial charge in [0.2, 0.25) is 0 Å². The SMILES string of the molecule is CCNC(=NCC1(c2ccc(F)cc2)CCOCC1)NCC(C)c1ccsc1.